The average molecular weight is 423 g/mol. The van der Waals surface area contributed by atoms with Gasteiger partial charge in [-0.05, 0) is 89.6 Å². The topological polar surface area (TPSA) is 13.1 Å². The molecule has 0 N–H and O–H groups in total. The fourth-order valence-corrected chi connectivity index (χ4v) is 5.54. The molecule has 2 aromatic carbocycles. The minimum atomic E-state index is 0.446. The highest BCUT2D eigenvalue weighted by atomic mass is 35.5. The number of hydrogen-bond acceptors (Lipinski definition) is 1. The molecule has 3 heteroatoms. The highest BCUT2D eigenvalue weighted by molar-refractivity contribution is 6.31. The van der Waals surface area contributed by atoms with Crippen LogP contribution in [0.3, 0.4) is 0 Å². The summed E-state index contributed by atoms with van der Waals surface area (Å²) in [4.78, 5) is 0. The minimum Gasteiger partial charge on any atom is -0.469 e. The number of halogens is 2. The summed E-state index contributed by atoms with van der Waals surface area (Å²) >= 11 is 12.5. The number of hydrogen-bond donors (Lipinski definition) is 0. The van der Waals surface area contributed by atoms with Crippen molar-refractivity contribution >= 4 is 29.3 Å². The van der Waals surface area contributed by atoms with Gasteiger partial charge in [0.2, 0.25) is 0 Å². The standard InChI is InChI=1S/C26H24Cl2O/c27-12-2-4-17-14-18-8-9-22-21-6-1-7-25(28)23(21)10-11-24(22)26(18)19(15-17)16-20-5-3-13-29-20/h1,3,5-9,13-14,19H,2,4,10-12,15-16H2. The van der Waals surface area contributed by atoms with Crippen LogP contribution in [0.1, 0.15) is 53.2 Å². The lowest BCUT2D eigenvalue weighted by Gasteiger charge is -2.32. The lowest BCUT2D eigenvalue weighted by molar-refractivity contribution is 0.480. The van der Waals surface area contributed by atoms with E-state index in [9.17, 15) is 0 Å². The van der Waals surface area contributed by atoms with Crippen molar-refractivity contribution in [1.29, 1.82) is 0 Å². The first kappa shape index (κ1) is 19.0. The van der Waals surface area contributed by atoms with Gasteiger partial charge in [-0.2, -0.15) is 0 Å². The van der Waals surface area contributed by atoms with E-state index in [0.717, 1.165) is 55.2 Å². The molecule has 0 bridgehead atoms. The maximum Gasteiger partial charge on any atom is 0.104 e. The van der Waals surface area contributed by atoms with Crippen LogP contribution in [0.15, 0.2) is 58.7 Å². The van der Waals surface area contributed by atoms with Gasteiger partial charge in [0.1, 0.15) is 5.76 Å². The maximum absolute atomic E-state index is 6.51. The normalized spacial score (nSPS) is 17.3. The van der Waals surface area contributed by atoms with Crippen LogP contribution in [0.25, 0.3) is 17.2 Å². The van der Waals surface area contributed by atoms with Crippen molar-refractivity contribution in [2.24, 2.45) is 0 Å². The van der Waals surface area contributed by atoms with Gasteiger partial charge >= 0.3 is 0 Å². The predicted molar refractivity (Wildman–Crippen MR) is 122 cm³/mol. The summed E-state index contributed by atoms with van der Waals surface area (Å²) in [6.45, 7) is 0. The van der Waals surface area contributed by atoms with Gasteiger partial charge in [-0.1, -0.05) is 47.5 Å². The molecule has 2 aliphatic rings. The van der Waals surface area contributed by atoms with Gasteiger partial charge in [0.25, 0.3) is 0 Å². The molecule has 0 amide bonds. The van der Waals surface area contributed by atoms with Gasteiger partial charge in [0, 0.05) is 17.3 Å². The van der Waals surface area contributed by atoms with Crippen LogP contribution in [0.5, 0.6) is 0 Å². The van der Waals surface area contributed by atoms with Crippen molar-refractivity contribution < 1.29 is 4.42 Å². The average Bonchev–Trinajstić information content (AvgIpc) is 3.25. The van der Waals surface area contributed by atoms with Crippen molar-refractivity contribution in [2.75, 3.05) is 5.88 Å². The molecule has 1 aromatic heterocycles. The number of fused-ring (bicyclic) bond motifs is 5. The highest BCUT2D eigenvalue weighted by Gasteiger charge is 2.29. The van der Waals surface area contributed by atoms with E-state index in [1.54, 1.807) is 6.26 Å². The number of alkyl halides is 1. The fraction of sp³-hybridized carbons (Fsp3) is 0.308. The molecule has 148 valence electrons. The number of allylic oxidation sites excluding steroid dienone is 1. The van der Waals surface area contributed by atoms with E-state index in [-0.39, 0.29) is 0 Å². The zero-order valence-electron chi connectivity index (χ0n) is 16.4. The third-order valence-corrected chi connectivity index (χ3v) is 6.98. The Balaban J connectivity index is 1.62. The van der Waals surface area contributed by atoms with Gasteiger partial charge in [-0.25, -0.2) is 0 Å². The molecule has 0 fully saturated rings. The second-order valence-electron chi connectivity index (χ2n) is 8.14. The van der Waals surface area contributed by atoms with Crippen LogP contribution >= 0.6 is 23.2 Å². The lowest BCUT2D eigenvalue weighted by atomic mass is 9.73. The maximum atomic E-state index is 6.51. The quantitative estimate of drug-likeness (QED) is 0.381. The summed E-state index contributed by atoms with van der Waals surface area (Å²) < 4.78 is 5.73. The van der Waals surface area contributed by atoms with Crippen LogP contribution in [0.2, 0.25) is 5.02 Å². The molecular weight excluding hydrogens is 399 g/mol. The van der Waals surface area contributed by atoms with E-state index in [1.165, 1.54) is 39.0 Å². The summed E-state index contributed by atoms with van der Waals surface area (Å²) in [6, 6.07) is 15.0. The highest BCUT2D eigenvalue weighted by Crippen LogP contribution is 2.46. The van der Waals surface area contributed by atoms with E-state index in [1.807, 2.05) is 12.1 Å². The molecule has 2 aliphatic carbocycles. The Morgan fingerprint density at radius 2 is 1.83 bits per heavy atom. The number of benzene rings is 2. The van der Waals surface area contributed by atoms with Gasteiger partial charge in [0.05, 0.1) is 6.26 Å². The Hall–Kier alpha value is -1.96. The molecule has 1 nitrogen and oxygen atoms in total. The Kier molecular flexibility index (Phi) is 5.28. The number of rotatable bonds is 5. The fourth-order valence-electron chi connectivity index (χ4n) is 5.14. The van der Waals surface area contributed by atoms with Gasteiger partial charge in [0.15, 0.2) is 0 Å². The van der Waals surface area contributed by atoms with Crippen molar-refractivity contribution in [3.8, 4) is 11.1 Å². The second kappa shape index (κ2) is 8.05. The molecular formula is C26H24Cl2O. The summed E-state index contributed by atoms with van der Waals surface area (Å²) in [5.74, 6) is 2.23. The Labute approximate surface area is 182 Å². The van der Waals surface area contributed by atoms with Crippen LogP contribution in [0.4, 0.5) is 0 Å². The number of furan rings is 1. The Morgan fingerprint density at radius 3 is 2.66 bits per heavy atom. The van der Waals surface area contributed by atoms with E-state index >= 15 is 0 Å². The molecule has 0 radical (unpaired) electrons. The summed E-state index contributed by atoms with van der Waals surface area (Å²) in [5, 5.41) is 0.890. The lowest BCUT2D eigenvalue weighted by Crippen LogP contribution is -2.16. The van der Waals surface area contributed by atoms with Crippen molar-refractivity contribution in [1.82, 2.24) is 0 Å². The zero-order chi connectivity index (χ0) is 19.8. The third kappa shape index (κ3) is 3.56. The molecule has 0 aliphatic heterocycles. The first-order chi connectivity index (χ1) is 14.2. The van der Waals surface area contributed by atoms with E-state index in [4.69, 9.17) is 27.6 Å². The first-order valence-corrected chi connectivity index (χ1v) is 11.4. The van der Waals surface area contributed by atoms with Gasteiger partial charge in [-0.3, -0.25) is 0 Å². The largest absolute Gasteiger partial charge is 0.469 e. The summed E-state index contributed by atoms with van der Waals surface area (Å²) in [5.41, 5.74) is 9.85. The Bertz CT molecular complexity index is 1060. The molecule has 29 heavy (non-hydrogen) atoms. The Morgan fingerprint density at radius 1 is 0.966 bits per heavy atom. The first-order valence-electron chi connectivity index (χ1n) is 10.5. The monoisotopic (exact) mass is 422 g/mol. The zero-order valence-corrected chi connectivity index (χ0v) is 17.9. The molecule has 1 heterocycles. The van der Waals surface area contributed by atoms with Crippen LogP contribution in [0, 0.1) is 0 Å². The predicted octanol–water partition coefficient (Wildman–Crippen LogP) is 7.83. The van der Waals surface area contributed by atoms with Crippen molar-refractivity contribution in [2.45, 2.75) is 44.4 Å². The van der Waals surface area contributed by atoms with Crippen molar-refractivity contribution in [3.05, 3.63) is 87.3 Å². The van der Waals surface area contributed by atoms with Crippen molar-refractivity contribution in [3.63, 3.8) is 0 Å². The smallest absolute Gasteiger partial charge is 0.104 e. The third-order valence-electron chi connectivity index (χ3n) is 6.36. The molecule has 3 aromatic rings. The molecule has 5 rings (SSSR count). The van der Waals surface area contributed by atoms with Gasteiger partial charge in [-0.15, -0.1) is 11.6 Å². The molecule has 0 saturated heterocycles. The van der Waals surface area contributed by atoms with Gasteiger partial charge < -0.3 is 4.42 Å². The van der Waals surface area contributed by atoms with E-state index in [2.05, 4.69) is 36.4 Å². The minimum absolute atomic E-state index is 0.446. The summed E-state index contributed by atoms with van der Waals surface area (Å²) in [7, 11) is 0. The SMILES string of the molecule is ClCCCC1=Cc2ccc3c(c2C(Cc2ccco2)C1)CCc1c(Cl)cccc1-3. The van der Waals surface area contributed by atoms with E-state index < -0.39 is 0 Å². The molecule has 1 atom stereocenters. The van der Waals surface area contributed by atoms with Crippen LogP contribution in [-0.4, -0.2) is 5.88 Å². The molecule has 0 spiro atoms. The molecule has 1 unspecified atom stereocenters. The van der Waals surface area contributed by atoms with Crippen LogP contribution < -0.4 is 0 Å². The van der Waals surface area contributed by atoms with E-state index in [0.29, 0.717) is 5.92 Å². The molecule has 0 saturated carbocycles. The summed E-state index contributed by atoms with van der Waals surface area (Å²) in [6.07, 6.45) is 10.4. The second-order valence-corrected chi connectivity index (χ2v) is 8.93. The van der Waals surface area contributed by atoms with Crippen LogP contribution in [-0.2, 0) is 19.3 Å².